The van der Waals surface area contributed by atoms with E-state index in [4.69, 9.17) is 15.3 Å². The standard InChI is InChI=1S/3C2H6O.Re/c3*1-2-3;/h3*3H,2H2,1H3;. The van der Waals surface area contributed by atoms with E-state index in [1.165, 1.54) is 0 Å². The minimum atomic E-state index is 0. The molecule has 0 heterocycles. The fourth-order valence-corrected chi connectivity index (χ4v) is 0. The van der Waals surface area contributed by atoms with Gasteiger partial charge in [0.1, 0.15) is 0 Å². The minimum absolute atomic E-state index is 0. The summed E-state index contributed by atoms with van der Waals surface area (Å²) in [6, 6.07) is 0. The Hall–Kier alpha value is 0.542. The summed E-state index contributed by atoms with van der Waals surface area (Å²) in [5.74, 6) is 0. The molecule has 67 valence electrons. The van der Waals surface area contributed by atoms with Crippen LogP contribution in [0.2, 0.25) is 0 Å². The molecule has 10 heavy (non-hydrogen) atoms. The van der Waals surface area contributed by atoms with Crippen LogP contribution in [0.15, 0.2) is 0 Å². The van der Waals surface area contributed by atoms with Gasteiger partial charge in [0.25, 0.3) is 0 Å². The second-order valence-corrected chi connectivity index (χ2v) is 0.949. The monoisotopic (exact) mass is 325 g/mol. The van der Waals surface area contributed by atoms with Crippen molar-refractivity contribution in [1.29, 1.82) is 0 Å². The maximum atomic E-state index is 7.57. The molecule has 0 saturated carbocycles. The number of hydrogen-bond donors (Lipinski definition) is 3. The van der Waals surface area contributed by atoms with Crippen molar-refractivity contribution in [2.24, 2.45) is 0 Å². The zero-order chi connectivity index (χ0) is 8.12. The van der Waals surface area contributed by atoms with E-state index in [2.05, 4.69) is 0 Å². The smallest absolute Gasteiger partial charge is 0.0402 e. The summed E-state index contributed by atoms with van der Waals surface area (Å²) >= 11 is 0. The van der Waals surface area contributed by atoms with Gasteiger partial charge in [0.2, 0.25) is 0 Å². The molecule has 0 rings (SSSR count). The molecule has 0 amide bonds. The third-order valence-electron chi connectivity index (χ3n) is 0. The van der Waals surface area contributed by atoms with Crippen LogP contribution in [0.5, 0.6) is 0 Å². The van der Waals surface area contributed by atoms with Gasteiger partial charge in [-0.2, -0.15) is 0 Å². The molecule has 1 radical (unpaired) electrons. The Kier molecular flexibility index (Phi) is 124. The number of aliphatic hydroxyl groups is 3. The van der Waals surface area contributed by atoms with Gasteiger partial charge in [-0.05, 0) is 20.8 Å². The predicted octanol–water partition coefficient (Wildman–Crippen LogP) is -0.00670. The van der Waals surface area contributed by atoms with E-state index in [0.29, 0.717) is 0 Å². The van der Waals surface area contributed by atoms with Gasteiger partial charge in [0.05, 0.1) is 0 Å². The van der Waals surface area contributed by atoms with Gasteiger partial charge in [-0.3, -0.25) is 0 Å². The van der Waals surface area contributed by atoms with Crippen LogP contribution in [-0.2, 0) is 20.4 Å². The zero-order valence-electron chi connectivity index (χ0n) is 6.84. The SMILES string of the molecule is CCO.CCO.CCO.[Re]. The van der Waals surface area contributed by atoms with E-state index in [1.807, 2.05) is 0 Å². The first-order valence-corrected chi connectivity index (χ1v) is 3.07. The average Bonchev–Trinajstić information content (AvgIpc) is 1.70. The van der Waals surface area contributed by atoms with Crippen molar-refractivity contribution < 1.29 is 35.7 Å². The van der Waals surface area contributed by atoms with Crippen molar-refractivity contribution in [3.05, 3.63) is 0 Å². The Labute approximate surface area is 76.7 Å². The van der Waals surface area contributed by atoms with Crippen molar-refractivity contribution in [2.45, 2.75) is 20.8 Å². The molecule has 0 saturated heterocycles. The second-order valence-electron chi connectivity index (χ2n) is 0.949. The molecule has 3 N–H and O–H groups in total. The topological polar surface area (TPSA) is 60.7 Å². The van der Waals surface area contributed by atoms with Gasteiger partial charge in [-0.15, -0.1) is 0 Å². The largest absolute Gasteiger partial charge is 0.397 e. The molecule has 0 fully saturated rings. The van der Waals surface area contributed by atoms with E-state index in [-0.39, 0.29) is 40.2 Å². The summed E-state index contributed by atoms with van der Waals surface area (Å²) < 4.78 is 0. The predicted molar refractivity (Wildman–Crippen MR) is 38.3 cm³/mol. The third kappa shape index (κ3) is 1650. The third-order valence-corrected chi connectivity index (χ3v) is 0. The molecule has 0 aliphatic heterocycles. The Morgan fingerprint density at radius 1 is 0.700 bits per heavy atom. The number of aliphatic hydroxyl groups excluding tert-OH is 3. The minimum Gasteiger partial charge on any atom is -0.397 e. The van der Waals surface area contributed by atoms with Crippen LogP contribution >= 0.6 is 0 Å². The molecule has 0 bridgehead atoms. The zero-order valence-corrected chi connectivity index (χ0v) is 9.56. The summed E-state index contributed by atoms with van der Waals surface area (Å²) in [6.45, 7) is 5.79. The summed E-state index contributed by atoms with van der Waals surface area (Å²) in [5.41, 5.74) is 0. The Bertz CT molecular complexity index is 17.7. The van der Waals surface area contributed by atoms with Crippen LogP contribution in [-0.4, -0.2) is 35.1 Å². The molecule has 0 atom stereocenters. The Balaban J connectivity index is -0.0000000257. The van der Waals surface area contributed by atoms with Crippen LogP contribution in [0.4, 0.5) is 0 Å². The quantitative estimate of drug-likeness (QED) is 0.588. The fraction of sp³-hybridized carbons (Fsp3) is 1.00. The van der Waals surface area contributed by atoms with Gasteiger partial charge in [-0.1, -0.05) is 0 Å². The maximum Gasteiger partial charge on any atom is 0.0402 e. The number of rotatable bonds is 0. The molecule has 0 aromatic rings. The van der Waals surface area contributed by atoms with Crippen LogP contribution in [0.3, 0.4) is 0 Å². The summed E-state index contributed by atoms with van der Waals surface area (Å²) in [6.07, 6.45) is 0. The van der Waals surface area contributed by atoms with Gasteiger partial charge < -0.3 is 15.3 Å². The molecule has 0 aliphatic carbocycles. The molecule has 4 heteroatoms. The Morgan fingerprint density at radius 3 is 0.700 bits per heavy atom. The Morgan fingerprint density at radius 2 is 0.700 bits per heavy atom. The first kappa shape index (κ1) is 22.4. The van der Waals surface area contributed by atoms with E-state index in [1.54, 1.807) is 20.8 Å². The first-order valence-electron chi connectivity index (χ1n) is 3.07. The average molecular weight is 324 g/mol. The summed E-state index contributed by atoms with van der Waals surface area (Å²) in [5, 5.41) is 22.7. The summed E-state index contributed by atoms with van der Waals surface area (Å²) in [4.78, 5) is 0. The first-order chi connectivity index (χ1) is 4.24. The molecule has 0 aromatic carbocycles. The van der Waals surface area contributed by atoms with Crippen molar-refractivity contribution in [1.82, 2.24) is 0 Å². The van der Waals surface area contributed by atoms with E-state index in [9.17, 15) is 0 Å². The molecule has 0 aliphatic rings. The van der Waals surface area contributed by atoms with Crippen molar-refractivity contribution in [3.8, 4) is 0 Å². The van der Waals surface area contributed by atoms with Gasteiger partial charge in [-0.25, -0.2) is 0 Å². The molecular weight excluding hydrogens is 306 g/mol. The van der Waals surface area contributed by atoms with Crippen LogP contribution in [0.1, 0.15) is 20.8 Å². The van der Waals surface area contributed by atoms with Crippen molar-refractivity contribution in [3.63, 3.8) is 0 Å². The maximum absolute atomic E-state index is 7.57. The number of hydrogen-bond acceptors (Lipinski definition) is 3. The molecule has 0 unspecified atom stereocenters. The normalized spacial score (nSPS) is 5.40. The van der Waals surface area contributed by atoms with Gasteiger partial charge >= 0.3 is 0 Å². The molecular formula is C6H18O3Re. The van der Waals surface area contributed by atoms with Gasteiger partial charge in [0.15, 0.2) is 0 Å². The van der Waals surface area contributed by atoms with Crippen LogP contribution in [0.25, 0.3) is 0 Å². The van der Waals surface area contributed by atoms with Gasteiger partial charge in [0, 0.05) is 40.2 Å². The fourth-order valence-electron chi connectivity index (χ4n) is 0. The summed E-state index contributed by atoms with van der Waals surface area (Å²) in [7, 11) is 0. The molecule has 0 aromatic heterocycles. The van der Waals surface area contributed by atoms with E-state index >= 15 is 0 Å². The van der Waals surface area contributed by atoms with Crippen molar-refractivity contribution >= 4 is 0 Å². The molecule has 3 nitrogen and oxygen atoms in total. The van der Waals surface area contributed by atoms with Crippen LogP contribution in [0, 0.1) is 0 Å². The van der Waals surface area contributed by atoms with E-state index in [0.717, 1.165) is 0 Å². The van der Waals surface area contributed by atoms with E-state index < -0.39 is 0 Å². The molecule has 0 spiro atoms. The van der Waals surface area contributed by atoms with Crippen molar-refractivity contribution in [2.75, 3.05) is 19.8 Å². The van der Waals surface area contributed by atoms with Crippen LogP contribution < -0.4 is 0 Å². The second kappa shape index (κ2) is 55.5.